The minimum atomic E-state index is -0.101. The normalized spacial score (nSPS) is 19.8. The molecule has 33 heavy (non-hydrogen) atoms. The van der Waals surface area contributed by atoms with E-state index in [1.165, 1.54) is 11.1 Å². The minimum Gasteiger partial charge on any atom is -0.352 e. The van der Waals surface area contributed by atoms with E-state index < -0.39 is 0 Å². The highest BCUT2D eigenvalue weighted by molar-refractivity contribution is 7.80. The predicted molar refractivity (Wildman–Crippen MR) is 141 cm³/mol. The van der Waals surface area contributed by atoms with E-state index in [0.29, 0.717) is 5.11 Å². The van der Waals surface area contributed by atoms with E-state index in [4.69, 9.17) is 35.4 Å². The molecule has 166 valence electrons. The Hall–Kier alpha value is -2.63. The van der Waals surface area contributed by atoms with E-state index in [2.05, 4.69) is 51.9 Å². The second-order valence-electron chi connectivity index (χ2n) is 8.28. The third-order valence-electron chi connectivity index (χ3n) is 5.99. The smallest absolute Gasteiger partial charge is 0.171 e. The SMILES string of the molecule is S=C1NC2=C(CN(Cc3ccccc3)C/C2=C\c2ccccc2Cl)C(c2ccccc2Cl)N1. The van der Waals surface area contributed by atoms with Gasteiger partial charge >= 0.3 is 0 Å². The fourth-order valence-electron chi connectivity index (χ4n) is 4.49. The van der Waals surface area contributed by atoms with E-state index >= 15 is 0 Å². The molecule has 0 spiro atoms. The van der Waals surface area contributed by atoms with Gasteiger partial charge in [0.05, 0.1) is 6.04 Å². The van der Waals surface area contributed by atoms with Gasteiger partial charge in [0.25, 0.3) is 0 Å². The van der Waals surface area contributed by atoms with Crippen molar-refractivity contribution in [2.24, 2.45) is 0 Å². The monoisotopic (exact) mass is 491 g/mol. The lowest BCUT2D eigenvalue weighted by molar-refractivity contribution is 0.293. The fraction of sp³-hybridized carbons (Fsp3) is 0.148. The second-order valence-corrected chi connectivity index (χ2v) is 9.50. The number of rotatable bonds is 4. The molecule has 1 atom stereocenters. The summed E-state index contributed by atoms with van der Waals surface area (Å²) in [7, 11) is 0. The highest BCUT2D eigenvalue weighted by Crippen LogP contribution is 2.37. The average molecular weight is 492 g/mol. The number of hydrogen-bond donors (Lipinski definition) is 2. The van der Waals surface area contributed by atoms with Crippen LogP contribution in [0, 0.1) is 0 Å². The molecule has 0 fully saturated rings. The summed E-state index contributed by atoms with van der Waals surface area (Å²) in [6, 6.07) is 26.3. The number of hydrogen-bond acceptors (Lipinski definition) is 2. The zero-order valence-corrected chi connectivity index (χ0v) is 20.2. The number of nitrogens with one attached hydrogen (secondary N) is 2. The van der Waals surface area contributed by atoms with Gasteiger partial charge in [0.2, 0.25) is 0 Å². The molecule has 0 bridgehead atoms. The Morgan fingerprint density at radius 1 is 0.879 bits per heavy atom. The Kier molecular flexibility index (Phi) is 6.52. The maximum atomic E-state index is 6.62. The molecular weight excluding hydrogens is 469 g/mol. The molecule has 2 N–H and O–H groups in total. The van der Waals surface area contributed by atoms with Crippen molar-refractivity contribution in [1.29, 1.82) is 0 Å². The zero-order chi connectivity index (χ0) is 22.8. The van der Waals surface area contributed by atoms with Crippen LogP contribution in [0.25, 0.3) is 6.08 Å². The first-order chi connectivity index (χ1) is 16.1. The standard InChI is InChI=1S/C27H23Cl2N3S/c28-23-12-6-4-10-19(23)14-20-16-32(15-18-8-2-1-3-9-18)17-22-25(20)30-27(33)31-26(22)21-11-5-7-13-24(21)29/h1-14,26H,15-17H2,(H2,30,31,33)/b20-14+. The first-order valence-electron chi connectivity index (χ1n) is 10.9. The quantitative estimate of drug-likeness (QED) is 0.414. The number of benzene rings is 3. The van der Waals surface area contributed by atoms with Gasteiger partial charge in [-0.05, 0) is 58.3 Å². The van der Waals surface area contributed by atoms with Crippen LogP contribution < -0.4 is 10.6 Å². The van der Waals surface area contributed by atoms with Gasteiger partial charge in [0, 0.05) is 35.4 Å². The van der Waals surface area contributed by atoms with Crippen molar-refractivity contribution in [3.05, 3.63) is 122 Å². The molecule has 3 aromatic rings. The first kappa shape index (κ1) is 22.2. The summed E-state index contributed by atoms with van der Waals surface area (Å²) >= 11 is 18.7. The van der Waals surface area contributed by atoms with Crippen LogP contribution in [0.2, 0.25) is 10.0 Å². The van der Waals surface area contributed by atoms with Gasteiger partial charge < -0.3 is 10.6 Å². The van der Waals surface area contributed by atoms with Gasteiger partial charge in [-0.15, -0.1) is 0 Å². The molecule has 2 aliphatic heterocycles. The van der Waals surface area contributed by atoms with Crippen molar-refractivity contribution in [3.63, 3.8) is 0 Å². The molecule has 0 saturated heterocycles. The van der Waals surface area contributed by atoms with E-state index in [1.807, 2.05) is 48.5 Å². The topological polar surface area (TPSA) is 27.3 Å². The van der Waals surface area contributed by atoms with E-state index in [0.717, 1.165) is 52.1 Å². The molecule has 5 rings (SSSR count). The maximum Gasteiger partial charge on any atom is 0.171 e. The Bertz CT molecular complexity index is 1250. The van der Waals surface area contributed by atoms with Gasteiger partial charge in [0.15, 0.2) is 5.11 Å². The predicted octanol–water partition coefficient (Wildman–Crippen LogP) is 6.37. The highest BCUT2D eigenvalue weighted by atomic mass is 35.5. The Morgan fingerprint density at radius 3 is 2.33 bits per heavy atom. The Labute approximate surface area is 209 Å². The van der Waals surface area contributed by atoms with E-state index in [1.54, 1.807) is 0 Å². The van der Waals surface area contributed by atoms with Crippen molar-refractivity contribution >= 4 is 46.6 Å². The molecule has 2 heterocycles. The summed E-state index contributed by atoms with van der Waals surface area (Å²) in [6.07, 6.45) is 2.17. The molecule has 2 aliphatic rings. The van der Waals surface area contributed by atoms with Crippen LogP contribution in [0.3, 0.4) is 0 Å². The molecule has 0 aromatic heterocycles. The third kappa shape index (κ3) is 4.85. The first-order valence-corrected chi connectivity index (χ1v) is 12.0. The number of halogens is 2. The molecular formula is C27H23Cl2N3S. The van der Waals surface area contributed by atoms with Gasteiger partial charge in [-0.2, -0.15) is 0 Å². The Balaban J connectivity index is 1.61. The van der Waals surface area contributed by atoms with Crippen LogP contribution in [0.5, 0.6) is 0 Å². The lowest BCUT2D eigenvalue weighted by Gasteiger charge is -2.40. The van der Waals surface area contributed by atoms with Crippen LogP contribution in [0.4, 0.5) is 0 Å². The van der Waals surface area contributed by atoms with Gasteiger partial charge in [-0.25, -0.2) is 0 Å². The van der Waals surface area contributed by atoms with Gasteiger partial charge in [-0.3, -0.25) is 4.90 Å². The summed E-state index contributed by atoms with van der Waals surface area (Å²) in [4.78, 5) is 2.44. The van der Waals surface area contributed by atoms with Crippen molar-refractivity contribution < 1.29 is 0 Å². The van der Waals surface area contributed by atoms with Crippen LogP contribution in [-0.2, 0) is 6.54 Å². The van der Waals surface area contributed by atoms with E-state index in [9.17, 15) is 0 Å². The van der Waals surface area contributed by atoms with Crippen molar-refractivity contribution in [2.75, 3.05) is 13.1 Å². The van der Waals surface area contributed by atoms with Gasteiger partial charge in [0.1, 0.15) is 0 Å². The molecule has 0 saturated carbocycles. The molecule has 3 nitrogen and oxygen atoms in total. The van der Waals surface area contributed by atoms with Crippen LogP contribution in [0.15, 0.2) is 95.7 Å². The second kappa shape index (κ2) is 9.70. The largest absolute Gasteiger partial charge is 0.352 e. The van der Waals surface area contributed by atoms with Crippen molar-refractivity contribution in [3.8, 4) is 0 Å². The lowest BCUT2D eigenvalue weighted by Crippen LogP contribution is -2.49. The van der Waals surface area contributed by atoms with Crippen molar-refractivity contribution in [1.82, 2.24) is 15.5 Å². The summed E-state index contributed by atoms with van der Waals surface area (Å²) in [5, 5.41) is 8.93. The van der Waals surface area contributed by atoms with Crippen LogP contribution >= 0.6 is 35.4 Å². The van der Waals surface area contributed by atoms with Gasteiger partial charge in [-0.1, -0.05) is 89.9 Å². The third-order valence-corrected chi connectivity index (χ3v) is 6.90. The molecule has 0 radical (unpaired) electrons. The number of nitrogens with zero attached hydrogens (tertiary/aromatic N) is 1. The fourth-order valence-corrected chi connectivity index (χ4v) is 5.15. The minimum absolute atomic E-state index is 0.101. The molecule has 6 heteroatoms. The summed E-state index contributed by atoms with van der Waals surface area (Å²) < 4.78 is 0. The van der Waals surface area contributed by atoms with Crippen LogP contribution in [-0.4, -0.2) is 23.1 Å². The molecule has 0 aliphatic carbocycles. The average Bonchev–Trinajstić information content (AvgIpc) is 2.82. The molecule has 0 amide bonds. The molecule has 3 aromatic carbocycles. The maximum absolute atomic E-state index is 6.62. The highest BCUT2D eigenvalue weighted by Gasteiger charge is 2.34. The summed E-state index contributed by atoms with van der Waals surface area (Å²) in [5.41, 5.74) is 6.73. The summed E-state index contributed by atoms with van der Waals surface area (Å²) in [5.74, 6) is 0. The van der Waals surface area contributed by atoms with Crippen molar-refractivity contribution in [2.45, 2.75) is 12.6 Å². The lowest BCUT2D eigenvalue weighted by atomic mass is 9.88. The zero-order valence-electron chi connectivity index (χ0n) is 17.9. The molecule has 1 unspecified atom stereocenters. The Morgan fingerprint density at radius 2 is 1.58 bits per heavy atom. The summed E-state index contributed by atoms with van der Waals surface area (Å²) in [6.45, 7) is 2.42. The number of thiocarbonyl (C=S) groups is 1. The van der Waals surface area contributed by atoms with E-state index in [-0.39, 0.29) is 6.04 Å². The van der Waals surface area contributed by atoms with Crippen LogP contribution in [0.1, 0.15) is 22.7 Å².